The molecule has 2 N–H and O–H groups in total. The summed E-state index contributed by atoms with van der Waals surface area (Å²) in [6, 6.07) is 7.45. The summed E-state index contributed by atoms with van der Waals surface area (Å²) in [5.41, 5.74) is 0.848. The van der Waals surface area contributed by atoms with E-state index in [1.165, 1.54) is 7.11 Å². The minimum Gasteiger partial charge on any atom is -0.478 e. The van der Waals surface area contributed by atoms with Gasteiger partial charge in [-0.1, -0.05) is 64.1 Å². The number of methoxy groups -OCH3 is 1. The van der Waals surface area contributed by atoms with Crippen molar-refractivity contribution >= 4 is 24.1 Å². The van der Waals surface area contributed by atoms with Gasteiger partial charge in [0.1, 0.15) is 0 Å². The van der Waals surface area contributed by atoms with Crippen LogP contribution >= 0.6 is 12.4 Å². The number of carboxylic acids is 1. The molecule has 0 aromatic heterocycles. The normalized spacial score (nSPS) is 13.4. The van der Waals surface area contributed by atoms with E-state index in [9.17, 15) is 9.90 Å². The molecule has 0 fully saturated rings. The highest BCUT2D eigenvalue weighted by atomic mass is 35.5. The molecular weight excluding hydrogens is 400 g/mol. The molecule has 1 unspecified atom stereocenters. The minimum absolute atomic E-state index is 0. The van der Waals surface area contributed by atoms with Crippen LogP contribution < -0.4 is 0 Å². The Labute approximate surface area is 188 Å². The van der Waals surface area contributed by atoms with Gasteiger partial charge in [0.15, 0.2) is 0 Å². The number of aliphatic carboxylic acids is 1. The number of rotatable bonds is 14. The molecule has 0 heterocycles. The van der Waals surface area contributed by atoms with Crippen LogP contribution in [0.2, 0.25) is 0 Å². The largest absolute Gasteiger partial charge is 0.478 e. The lowest BCUT2D eigenvalue weighted by atomic mass is 9.96. The lowest BCUT2D eigenvalue weighted by molar-refractivity contribution is -0.194. The van der Waals surface area contributed by atoms with Crippen molar-refractivity contribution in [3.05, 3.63) is 47.5 Å². The highest BCUT2D eigenvalue weighted by Crippen LogP contribution is 2.30. The Morgan fingerprint density at radius 3 is 2.27 bits per heavy atom. The Bertz CT molecular complexity index is 670. The molecule has 5 nitrogen and oxygen atoms in total. The molecular formula is C24H39ClN2O3. The summed E-state index contributed by atoms with van der Waals surface area (Å²) in [7, 11) is 1.44. The molecule has 0 spiro atoms. The summed E-state index contributed by atoms with van der Waals surface area (Å²) in [6.07, 6.45) is 9.04. The predicted octanol–water partition coefficient (Wildman–Crippen LogP) is 5.67. The van der Waals surface area contributed by atoms with E-state index in [0.717, 1.165) is 31.2 Å². The molecule has 1 aromatic rings. The topological polar surface area (TPSA) is 73.6 Å². The summed E-state index contributed by atoms with van der Waals surface area (Å²) in [6.45, 7) is 9.33. The first-order chi connectivity index (χ1) is 13.8. The van der Waals surface area contributed by atoms with Gasteiger partial charge in [-0.05, 0) is 50.3 Å². The zero-order chi connectivity index (χ0) is 21.9. The maximum Gasteiger partial charge on any atom is 0.356 e. The first-order valence-corrected chi connectivity index (χ1v) is 10.7. The first kappa shape index (κ1) is 28.3. The highest BCUT2D eigenvalue weighted by Gasteiger charge is 2.45. The number of halogens is 1. The average Bonchev–Trinajstić information content (AvgIpc) is 2.69. The predicted molar refractivity (Wildman–Crippen MR) is 127 cm³/mol. The van der Waals surface area contributed by atoms with Crippen molar-refractivity contribution < 1.29 is 14.6 Å². The average molecular weight is 439 g/mol. The smallest absolute Gasteiger partial charge is 0.356 e. The van der Waals surface area contributed by atoms with Crippen LogP contribution in [-0.4, -0.2) is 41.9 Å². The molecule has 1 aromatic carbocycles. The number of allylic oxidation sites excluding steroid dienone is 2. The number of hydrogen-bond donors (Lipinski definition) is 2. The molecule has 0 saturated heterocycles. The Kier molecular flexibility index (Phi) is 13.5. The van der Waals surface area contributed by atoms with Crippen LogP contribution in [0.3, 0.4) is 0 Å². The standard InChI is InChI=1S/C24H38N2O3.ClH/c1-6-26(7-2)24(29-5,23(27)28)21-16-14-20(15-17-21)18-22(25)13-11-9-8-10-12-19(3)4;/h10,12,14-17,19,25H,6-9,11,13,18H2,1-5H3,(H,27,28);1H. The zero-order valence-electron chi connectivity index (χ0n) is 19.1. The fraction of sp³-hybridized carbons (Fsp3) is 0.583. The third kappa shape index (κ3) is 7.86. The van der Waals surface area contributed by atoms with E-state index in [2.05, 4.69) is 26.0 Å². The third-order valence-electron chi connectivity index (χ3n) is 5.18. The monoisotopic (exact) mass is 438 g/mol. The van der Waals surface area contributed by atoms with Gasteiger partial charge in [-0.25, -0.2) is 4.79 Å². The number of likely N-dealkylation sites (N-methyl/N-ethyl adjacent to an activating group) is 1. The van der Waals surface area contributed by atoms with Gasteiger partial charge in [0.25, 0.3) is 0 Å². The van der Waals surface area contributed by atoms with Crippen LogP contribution in [0.15, 0.2) is 36.4 Å². The van der Waals surface area contributed by atoms with Crippen LogP contribution in [0.1, 0.15) is 64.5 Å². The summed E-state index contributed by atoms with van der Waals surface area (Å²) in [5.74, 6) is -0.424. The van der Waals surface area contributed by atoms with Crippen LogP contribution in [-0.2, 0) is 21.7 Å². The highest BCUT2D eigenvalue weighted by molar-refractivity contribution is 5.85. The number of ether oxygens (including phenoxy) is 1. The Hall–Kier alpha value is -1.69. The Balaban J connectivity index is 0.00000841. The van der Waals surface area contributed by atoms with E-state index in [1.54, 1.807) is 4.90 Å². The van der Waals surface area contributed by atoms with Crippen LogP contribution in [0.25, 0.3) is 0 Å². The fourth-order valence-electron chi connectivity index (χ4n) is 3.60. The number of unbranched alkanes of at least 4 members (excludes halogenated alkanes) is 2. The molecule has 1 rings (SSSR count). The lowest BCUT2D eigenvalue weighted by Gasteiger charge is -2.38. The maximum absolute atomic E-state index is 12.1. The van der Waals surface area contributed by atoms with E-state index in [4.69, 9.17) is 10.1 Å². The molecule has 0 aliphatic rings. The maximum atomic E-state index is 12.1. The second kappa shape index (κ2) is 14.3. The van der Waals surface area contributed by atoms with E-state index >= 15 is 0 Å². The molecule has 1 atom stereocenters. The van der Waals surface area contributed by atoms with E-state index in [1.807, 2.05) is 38.1 Å². The lowest BCUT2D eigenvalue weighted by Crippen LogP contribution is -2.53. The van der Waals surface area contributed by atoms with Crippen molar-refractivity contribution in [2.75, 3.05) is 20.2 Å². The number of nitrogens with zero attached hydrogens (tertiary/aromatic N) is 1. The second-order valence-electron chi connectivity index (χ2n) is 7.72. The number of hydrogen-bond acceptors (Lipinski definition) is 4. The van der Waals surface area contributed by atoms with Gasteiger partial charge in [-0.2, -0.15) is 0 Å². The third-order valence-corrected chi connectivity index (χ3v) is 5.18. The molecule has 6 heteroatoms. The number of carbonyl (C=O) groups is 1. The second-order valence-corrected chi connectivity index (χ2v) is 7.72. The zero-order valence-corrected chi connectivity index (χ0v) is 19.9. The summed E-state index contributed by atoms with van der Waals surface area (Å²) in [4.78, 5) is 13.9. The van der Waals surface area contributed by atoms with Crippen LogP contribution in [0.4, 0.5) is 0 Å². The van der Waals surface area contributed by atoms with Crippen molar-refractivity contribution in [3.8, 4) is 0 Å². The molecule has 0 bridgehead atoms. The quantitative estimate of drug-likeness (QED) is 0.170. The van der Waals surface area contributed by atoms with Gasteiger partial charge in [0.2, 0.25) is 5.72 Å². The molecule has 0 saturated carbocycles. The van der Waals surface area contributed by atoms with Crippen molar-refractivity contribution in [2.45, 2.75) is 65.5 Å². The minimum atomic E-state index is -1.49. The summed E-state index contributed by atoms with van der Waals surface area (Å²) in [5, 5.41) is 18.1. The number of nitrogens with one attached hydrogen (secondary N) is 1. The van der Waals surface area contributed by atoms with E-state index in [0.29, 0.717) is 36.7 Å². The van der Waals surface area contributed by atoms with Gasteiger partial charge in [0, 0.05) is 24.8 Å². The molecule has 0 radical (unpaired) electrons. The van der Waals surface area contributed by atoms with Crippen LogP contribution in [0, 0.1) is 11.3 Å². The van der Waals surface area contributed by atoms with Crippen molar-refractivity contribution in [2.24, 2.45) is 5.92 Å². The summed E-state index contributed by atoms with van der Waals surface area (Å²) >= 11 is 0. The Morgan fingerprint density at radius 1 is 1.20 bits per heavy atom. The molecule has 0 aliphatic carbocycles. The van der Waals surface area contributed by atoms with Crippen molar-refractivity contribution in [3.63, 3.8) is 0 Å². The van der Waals surface area contributed by atoms with Gasteiger partial charge in [-0.15, -0.1) is 12.4 Å². The van der Waals surface area contributed by atoms with Gasteiger partial charge in [-0.3, -0.25) is 4.90 Å². The molecule has 30 heavy (non-hydrogen) atoms. The van der Waals surface area contributed by atoms with Gasteiger partial charge < -0.3 is 15.3 Å². The Morgan fingerprint density at radius 2 is 1.80 bits per heavy atom. The van der Waals surface area contributed by atoms with E-state index < -0.39 is 11.7 Å². The SMILES string of the molecule is CCN(CC)C(OC)(C(=O)O)c1ccc(CC(=N)CCCCC=CC(C)C)cc1.Cl. The molecule has 0 amide bonds. The van der Waals surface area contributed by atoms with E-state index in [-0.39, 0.29) is 12.4 Å². The van der Waals surface area contributed by atoms with Crippen molar-refractivity contribution in [1.82, 2.24) is 4.90 Å². The fourth-order valence-corrected chi connectivity index (χ4v) is 3.60. The van der Waals surface area contributed by atoms with Crippen molar-refractivity contribution in [1.29, 1.82) is 5.41 Å². The molecule has 170 valence electrons. The molecule has 0 aliphatic heterocycles. The van der Waals surface area contributed by atoms with Crippen LogP contribution in [0.5, 0.6) is 0 Å². The summed E-state index contributed by atoms with van der Waals surface area (Å²) < 4.78 is 5.53. The van der Waals surface area contributed by atoms with Gasteiger partial charge in [0.05, 0.1) is 0 Å². The van der Waals surface area contributed by atoms with Gasteiger partial charge >= 0.3 is 5.97 Å². The first-order valence-electron chi connectivity index (χ1n) is 10.7. The number of benzene rings is 1. The number of carboxylic acid groups (broad SMARTS) is 1.